The Hall–Kier alpha value is -2.35. The number of anilines is 1. The molecule has 0 spiro atoms. The summed E-state index contributed by atoms with van der Waals surface area (Å²) in [6.45, 7) is 4.90. The molecule has 1 aliphatic carbocycles. The number of hydrogen-bond acceptors (Lipinski definition) is 11. The van der Waals surface area contributed by atoms with E-state index in [0.29, 0.717) is 29.3 Å². The minimum Gasteiger partial charge on any atom is -0.481 e. The molecule has 5 N–H and O–H groups in total. The first-order valence-corrected chi connectivity index (χ1v) is 12.1. The summed E-state index contributed by atoms with van der Waals surface area (Å²) in [5.41, 5.74) is -0.958. The van der Waals surface area contributed by atoms with Crippen LogP contribution < -0.4 is 10.6 Å². The van der Waals surface area contributed by atoms with Gasteiger partial charge in [-0.05, 0) is 12.8 Å². The molecule has 0 aromatic carbocycles. The standard InChI is InChI=1S/C20H31N7O5S/c1-3-5-7-22-17-14-18(24-19(23-17)33-9-4-2)27(26-25-14)20(11-28)10-12(15(31)16(20)32)21-8-6-13(29)30/h11-12,15-16,21,31-32H,3-10H2,1-2H3,(H,29,30)(H,22,23,24)/t12-,15+,16+,20-/m0/s1. The summed E-state index contributed by atoms with van der Waals surface area (Å²) in [6, 6.07) is -0.707. The molecule has 0 saturated heterocycles. The largest absolute Gasteiger partial charge is 0.481 e. The van der Waals surface area contributed by atoms with Crippen LogP contribution in [0.1, 0.15) is 46.0 Å². The van der Waals surface area contributed by atoms with E-state index in [9.17, 15) is 19.8 Å². The topological polar surface area (TPSA) is 175 Å². The van der Waals surface area contributed by atoms with Crippen LogP contribution in [0.15, 0.2) is 5.16 Å². The summed E-state index contributed by atoms with van der Waals surface area (Å²) in [7, 11) is 0. The van der Waals surface area contributed by atoms with E-state index in [1.54, 1.807) is 0 Å². The van der Waals surface area contributed by atoms with Gasteiger partial charge in [-0.3, -0.25) is 4.79 Å². The third-order valence-electron chi connectivity index (χ3n) is 5.68. The number of aliphatic carboxylic acids is 1. The molecule has 0 aliphatic heterocycles. The maximum atomic E-state index is 12.4. The number of carbonyl (C=O) groups excluding carboxylic acids is 1. The molecule has 13 heteroatoms. The molecule has 1 fully saturated rings. The number of thioether (sulfide) groups is 1. The quantitative estimate of drug-likeness (QED) is 0.115. The Labute approximate surface area is 195 Å². The molecule has 4 atom stereocenters. The Morgan fingerprint density at radius 3 is 2.73 bits per heavy atom. The van der Waals surface area contributed by atoms with Crippen molar-refractivity contribution in [3.05, 3.63) is 0 Å². The maximum absolute atomic E-state index is 12.4. The number of aromatic nitrogens is 5. The van der Waals surface area contributed by atoms with E-state index in [1.807, 2.05) is 6.92 Å². The monoisotopic (exact) mass is 481 g/mol. The highest BCUT2D eigenvalue weighted by atomic mass is 32.2. The fourth-order valence-electron chi connectivity index (χ4n) is 3.89. The number of rotatable bonds is 13. The lowest BCUT2D eigenvalue weighted by Gasteiger charge is -2.27. The number of nitrogens with zero attached hydrogens (tertiary/aromatic N) is 5. The van der Waals surface area contributed by atoms with Gasteiger partial charge in [0.1, 0.15) is 6.10 Å². The van der Waals surface area contributed by atoms with Gasteiger partial charge < -0.3 is 30.7 Å². The average Bonchev–Trinajstić information content (AvgIpc) is 3.33. The number of fused-ring (bicyclic) bond motifs is 1. The molecule has 2 heterocycles. The van der Waals surface area contributed by atoms with Crippen LogP contribution in [0.5, 0.6) is 0 Å². The molecule has 12 nitrogen and oxygen atoms in total. The minimum atomic E-state index is -1.61. The van der Waals surface area contributed by atoms with Gasteiger partial charge in [0.05, 0.1) is 12.5 Å². The zero-order valence-corrected chi connectivity index (χ0v) is 19.6. The summed E-state index contributed by atoms with van der Waals surface area (Å²) < 4.78 is 1.27. The number of aliphatic hydroxyl groups is 2. The van der Waals surface area contributed by atoms with Crippen molar-refractivity contribution < 1.29 is 24.9 Å². The van der Waals surface area contributed by atoms with Crippen LogP contribution in [0.25, 0.3) is 11.2 Å². The van der Waals surface area contributed by atoms with Gasteiger partial charge in [-0.25, -0.2) is 14.6 Å². The third kappa shape index (κ3) is 5.26. The van der Waals surface area contributed by atoms with Crippen molar-refractivity contribution in [1.82, 2.24) is 30.3 Å². The molecule has 2 aromatic rings. The van der Waals surface area contributed by atoms with Gasteiger partial charge in [-0.1, -0.05) is 37.2 Å². The molecule has 1 saturated carbocycles. The van der Waals surface area contributed by atoms with Crippen LogP contribution in [-0.4, -0.2) is 89.6 Å². The van der Waals surface area contributed by atoms with Crippen LogP contribution in [0, 0.1) is 0 Å². The first kappa shape index (κ1) is 25.3. The number of aldehydes is 1. The van der Waals surface area contributed by atoms with Gasteiger partial charge in [0.25, 0.3) is 0 Å². The van der Waals surface area contributed by atoms with E-state index in [1.165, 1.54) is 16.4 Å². The lowest BCUT2D eigenvalue weighted by atomic mass is 9.96. The van der Waals surface area contributed by atoms with Crippen molar-refractivity contribution in [3.63, 3.8) is 0 Å². The number of carboxylic acids is 1. The van der Waals surface area contributed by atoms with Crippen LogP contribution in [0.4, 0.5) is 5.82 Å². The average molecular weight is 482 g/mol. The van der Waals surface area contributed by atoms with Gasteiger partial charge in [0.2, 0.25) is 0 Å². The Morgan fingerprint density at radius 2 is 2.06 bits per heavy atom. The van der Waals surface area contributed by atoms with Gasteiger partial charge in [-0.2, -0.15) is 0 Å². The van der Waals surface area contributed by atoms with Crippen LogP contribution >= 0.6 is 11.8 Å². The number of hydrogen-bond donors (Lipinski definition) is 5. The molecule has 0 amide bonds. The Balaban J connectivity index is 2.00. The summed E-state index contributed by atoms with van der Waals surface area (Å²) in [5, 5.41) is 45.4. The van der Waals surface area contributed by atoms with Crippen molar-refractivity contribution in [3.8, 4) is 0 Å². The molecular weight excluding hydrogens is 450 g/mol. The molecule has 182 valence electrons. The molecule has 3 rings (SSSR count). The first-order chi connectivity index (χ1) is 15.9. The van der Waals surface area contributed by atoms with Crippen molar-refractivity contribution in [2.75, 3.05) is 24.2 Å². The summed E-state index contributed by atoms with van der Waals surface area (Å²) in [5.74, 6) is 0.317. The van der Waals surface area contributed by atoms with E-state index in [-0.39, 0.29) is 25.0 Å². The lowest BCUT2D eigenvalue weighted by Crippen LogP contribution is -2.47. The molecule has 0 radical (unpaired) electrons. The molecule has 0 bridgehead atoms. The second kappa shape index (κ2) is 11.2. The predicted molar refractivity (Wildman–Crippen MR) is 122 cm³/mol. The summed E-state index contributed by atoms with van der Waals surface area (Å²) >= 11 is 1.47. The number of aliphatic hydroxyl groups excluding tert-OH is 2. The highest BCUT2D eigenvalue weighted by Crippen LogP contribution is 2.38. The molecule has 2 aromatic heterocycles. The fraction of sp³-hybridized carbons (Fsp3) is 0.700. The molecular formula is C20H31N7O5S. The Bertz CT molecular complexity index is 974. The summed E-state index contributed by atoms with van der Waals surface area (Å²) in [6.07, 6.45) is 0.466. The number of unbranched alkanes of at least 4 members (excludes halogenated alkanes) is 1. The number of carboxylic acid groups (broad SMARTS) is 1. The molecule has 1 aliphatic rings. The first-order valence-electron chi connectivity index (χ1n) is 11.2. The molecule has 33 heavy (non-hydrogen) atoms. The second-order valence-electron chi connectivity index (χ2n) is 8.11. The normalized spacial score (nSPS) is 24.9. The van der Waals surface area contributed by atoms with Gasteiger partial charge in [0, 0.05) is 31.3 Å². The van der Waals surface area contributed by atoms with Crippen LogP contribution in [-0.2, 0) is 15.1 Å². The molecule has 0 unspecified atom stereocenters. The SMILES string of the molecule is CCCCNc1nc(SCCC)nc2c1nnn2[C@]1(C=O)C[C@H](NCCC(=O)O)[C@@H](O)[C@H]1O. The van der Waals surface area contributed by atoms with E-state index >= 15 is 0 Å². The third-order valence-corrected chi connectivity index (χ3v) is 6.73. The summed E-state index contributed by atoms with van der Waals surface area (Å²) in [4.78, 5) is 32.3. The maximum Gasteiger partial charge on any atom is 0.304 e. The Morgan fingerprint density at radius 1 is 1.27 bits per heavy atom. The van der Waals surface area contributed by atoms with E-state index < -0.39 is 29.8 Å². The zero-order valence-electron chi connectivity index (χ0n) is 18.8. The van der Waals surface area contributed by atoms with Crippen LogP contribution in [0.2, 0.25) is 0 Å². The van der Waals surface area contributed by atoms with Crippen molar-refractivity contribution >= 4 is 41.0 Å². The second-order valence-corrected chi connectivity index (χ2v) is 9.17. The number of nitrogens with one attached hydrogen (secondary N) is 2. The highest BCUT2D eigenvalue weighted by Gasteiger charge is 2.56. The van der Waals surface area contributed by atoms with Crippen molar-refractivity contribution in [1.29, 1.82) is 0 Å². The Kier molecular flexibility index (Phi) is 8.57. The van der Waals surface area contributed by atoms with E-state index in [0.717, 1.165) is 25.0 Å². The fourth-order valence-corrected chi connectivity index (χ4v) is 4.58. The zero-order chi connectivity index (χ0) is 24.0. The predicted octanol–water partition coefficient (Wildman–Crippen LogP) is 0.388. The van der Waals surface area contributed by atoms with E-state index in [2.05, 4.69) is 37.8 Å². The van der Waals surface area contributed by atoms with Gasteiger partial charge in [0.15, 0.2) is 34.0 Å². The van der Waals surface area contributed by atoms with Gasteiger partial charge in [-0.15, -0.1) is 5.10 Å². The minimum absolute atomic E-state index is 0.00303. The smallest absolute Gasteiger partial charge is 0.304 e. The van der Waals surface area contributed by atoms with Crippen molar-refractivity contribution in [2.45, 2.75) is 74.9 Å². The lowest BCUT2D eigenvalue weighted by molar-refractivity contribution is -0.137. The highest BCUT2D eigenvalue weighted by molar-refractivity contribution is 7.99. The van der Waals surface area contributed by atoms with E-state index in [4.69, 9.17) is 5.11 Å². The van der Waals surface area contributed by atoms with Crippen LogP contribution in [0.3, 0.4) is 0 Å². The van der Waals surface area contributed by atoms with Crippen molar-refractivity contribution in [2.24, 2.45) is 0 Å². The number of carbonyl (C=O) groups is 2. The van der Waals surface area contributed by atoms with Gasteiger partial charge >= 0.3 is 5.97 Å².